The predicted molar refractivity (Wildman–Crippen MR) is 104 cm³/mol. The van der Waals surface area contributed by atoms with Crippen molar-refractivity contribution in [3.63, 3.8) is 0 Å². The van der Waals surface area contributed by atoms with Crippen molar-refractivity contribution in [2.24, 2.45) is 0 Å². The van der Waals surface area contributed by atoms with Gasteiger partial charge < -0.3 is 15.6 Å². The van der Waals surface area contributed by atoms with Crippen LogP contribution in [0.5, 0.6) is 0 Å². The molecule has 1 atom stereocenters. The van der Waals surface area contributed by atoms with Crippen LogP contribution < -0.4 is 10.6 Å². The molecule has 8 nitrogen and oxygen atoms in total. The third kappa shape index (κ3) is 3.26. The van der Waals surface area contributed by atoms with E-state index in [1.54, 1.807) is 0 Å². The van der Waals surface area contributed by atoms with Crippen LogP contribution in [0.25, 0.3) is 11.0 Å². The monoisotopic (exact) mass is 378 g/mol. The van der Waals surface area contributed by atoms with E-state index in [2.05, 4.69) is 40.8 Å². The number of hydrogen-bond acceptors (Lipinski definition) is 6. The van der Waals surface area contributed by atoms with E-state index in [1.807, 2.05) is 37.4 Å². The summed E-state index contributed by atoms with van der Waals surface area (Å²) >= 11 is 0. The molecular formula is C19H19FN8. The highest BCUT2D eigenvalue weighted by Gasteiger charge is 2.25. The van der Waals surface area contributed by atoms with Gasteiger partial charge in [0.1, 0.15) is 0 Å². The van der Waals surface area contributed by atoms with Crippen LogP contribution in [0.3, 0.4) is 0 Å². The lowest BCUT2D eigenvalue weighted by Gasteiger charge is -2.14. The van der Waals surface area contributed by atoms with Crippen molar-refractivity contribution < 1.29 is 4.39 Å². The largest absolute Gasteiger partial charge is 0.360 e. The third-order valence-corrected chi connectivity index (χ3v) is 4.82. The van der Waals surface area contributed by atoms with E-state index in [0.717, 1.165) is 41.5 Å². The first kappa shape index (κ1) is 16.7. The van der Waals surface area contributed by atoms with Crippen LogP contribution in [0, 0.1) is 5.82 Å². The van der Waals surface area contributed by atoms with Crippen LogP contribution in [-0.2, 0) is 0 Å². The SMILES string of the molecule is C[C@@H](Nc1ncc(F)c(Nc2cc(C3CC3)[nH]n2)n1)c1ccc2[nH]ccc2n1. The van der Waals surface area contributed by atoms with Gasteiger partial charge in [0.15, 0.2) is 17.5 Å². The Morgan fingerprint density at radius 1 is 1.21 bits per heavy atom. The fourth-order valence-corrected chi connectivity index (χ4v) is 3.11. The second-order valence-corrected chi connectivity index (χ2v) is 7.01. The Morgan fingerprint density at radius 2 is 2.11 bits per heavy atom. The maximum atomic E-state index is 14.2. The van der Waals surface area contributed by atoms with Crippen LogP contribution in [0.15, 0.2) is 36.7 Å². The Balaban J connectivity index is 1.33. The van der Waals surface area contributed by atoms with E-state index in [-0.39, 0.29) is 11.9 Å². The third-order valence-electron chi connectivity index (χ3n) is 4.82. The Bertz CT molecular complexity index is 1130. The number of rotatable bonds is 6. The zero-order valence-corrected chi connectivity index (χ0v) is 15.2. The molecule has 0 aliphatic heterocycles. The lowest BCUT2D eigenvalue weighted by Crippen LogP contribution is -2.12. The Hall–Kier alpha value is -3.49. The number of halogens is 1. The molecule has 0 saturated heterocycles. The van der Waals surface area contributed by atoms with Crippen LogP contribution in [0.2, 0.25) is 0 Å². The molecule has 1 saturated carbocycles. The van der Waals surface area contributed by atoms with Gasteiger partial charge >= 0.3 is 0 Å². The summed E-state index contributed by atoms with van der Waals surface area (Å²) < 4.78 is 14.2. The van der Waals surface area contributed by atoms with Gasteiger partial charge in [0.25, 0.3) is 0 Å². The van der Waals surface area contributed by atoms with Crippen molar-refractivity contribution in [3.05, 3.63) is 53.9 Å². The highest BCUT2D eigenvalue weighted by molar-refractivity contribution is 5.74. The average Bonchev–Trinajstić information content (AvgIpc) is 3.25. The second kappa shape index (κ2) is 6.59. The molecule has 4 aromatic rings. The summed E-state index contributed by atoms with van der Waals surface area (Å²) in [5, 5.41) is 13.3. The van der Waals surface area contributed by atoms with Gasteiger partial charge in [-0.3, -0.25) is 5.10 Å². The summed E-state index contributed by atoms with van der Waals surface area (Å²) in [7, 11) is 0. The van der Waals surface area contributed by atoms with E-state index in [0.29, 0.717) is 17.7 Å². The van der Waals surface area contributed by atoms with E-state index in [1.165, 1.54) is 0 Å². The van der Waals surface area contributed by atoms with Crippen LogP contribution in [0.4, 0.5) is 22.0 Å². The summed E-state index contributed by atoms with van der Waals surface area (Å²) in [4.78, 5) is 16.0. The zero-order chi connectivity index (χ0) is 19.1. The van der Waals surface area contributed by atoms with Crippen molar-refractivity contribution in [2.45, 2.75) is 31.7 Å². The molecule has 0 spiro atoms. The number of aromatic nitrogens is 6. The second-order valence-electron chi connectivity index (χ2n) is 7.01. The Morgan fingerprint density at radius 3 is 2.96 bits per heavy atom. The molecule has 4 N–H and O–H groups in total. The topological polar surface area (TPSA) is 107 Å². The van der Waals surface area contributed by atoms with Gasteiger partial charge in [0, 0.05) is 23.9 Å². The summed E-state index contributed by atoms with van der Waals surface area (Å²) in [5.41, 5.74) is 3.77. The molecule has 4 heterocycles. The zero-order valence-electron chi connectivity index (χ0n) is 15.2. The number of aromatic amines is 2. The molecule has 0 bridgehead atoms. The molecule has 0 radical (unpaired) electrons. The van der Waals surface area contributed by atoms with Crippen molar-refractivity contribution in [1.82, 2.24) is 30.1 Å². The van der Waals surface area contributed by atoms with E-state index < -0.39 is 5.82 Å². The molecule has 0 aromatic carbocycles. The normalized spacial score (nSPS) is 14.9. The molecule has 28 heavy (non-hydrogen) atoms. The summed E-state index contributed by atoms with van der Waals surface area (Å²) in [5.74, 6) is 0.929. The van der Waals surface area contributed by atoms with Crippen LogP contribution in [-0.4, -0.2) is 30.1 Å². The number of fused-ring (bicyclic) bond motifs is 1. The molecule has 5 rings (SSSR count). The summed E-state index contributed by atoms with van der Waals surface area (Å²) in [6, 6.07) is 7.57. The summed E-state index contributed by atoms with van der Waals surface area (Å²) in [6.07, 6.45) is 5.32. The minimum atomic E-state index is -0.541. The van der Waals surface area contributed by atoms with Gasteiger partial charge in [-0.25, -0.2) is 14.4 Å². The van der Waals surface area contributed by atoms with E-state index in [9.17, 15) is 4.39 Å². The number of H-pyrrole nitrogens is 2. The van der Waals surface area contributed by atoms with Crippen molar-refractivity contribution in [3.8, 4) is 0 Å². The minimum absolute atomic E-state index is 0.0765. The molecular weight excluding hydrogens is 359 g/mol. The number of nitrogens with zero attached hydrogens (tertiary/aromatic N) is 4. The standard InChI is InChI=1S/C19H19FN8/c1-10(13-4-5-14-15(24-13)6-7-21-14)23-19-22-9-12(20)18(26-19)25-17-8-16(27-28-17)11-2-3-11/h4-11,21H,2-3H2,1H3,(H3,22,23,25,26,27,28)/t10-/m1/s1. The first-order valence-corrected chi connectivity index (χ1v) is 9.21. The minimum Gasteiger partial charge on any atom is -0.360 e. The maximum Gasteiger partial charge on any atom is 0.225 e. The molecule has 0 unspecified atom stereocenters. The molecule has 4 aromatic heterocycles. The van der Waals surface area contributed by atoms with Crippen LogP contribution >= 0.6 is 0 Å². The van der Waals surface area contributed by atoms with Gasteiger partial charge in [0.2, 0.25) is 5.95 Å². The van der Waals surface area contributed by atoms with Gasteiger partial charge in [-0.1, -0.05) is 0 Å². The van der Waals surface area contributed by atoms with Gasteiger partial charge in [-0.15, -0.1) is 0 Å². The lowest BCUT2D eigenvalue weighted by atomic mass is 10.2. The molecule has 9 heteroatoms. The van der Waals surface area contributed by atoms with Gasteiger partial charge in [-0.2, -0.15) is 10.1 Å². The molecule has 142 valence electrons. The number of hydrogen-bond donors (Lipinski definition) is 4. The van der Waals surface area contributed by atoms with E-state index >= 15 is 0 Å². The average molecular weight is 378 g/mol. The predicted octanol–water partition coefficient (Wildman–Crippen LogP) is 4.01. The highest BCUT2D eigenvalue weighted by Crippen LogP contribution is 2.39. The molecule has 1 aliphatic carbocycles. The molecule has 0 amide bonds. The van der Waals surface area contributed by atoms with Gasteiger partial charge in [-0.05, 0) is 38.0 Å². The molecule has 1 fully saturated rings. The quantitative estimate of drug-likeness (QED) is 0.404. The van der Waals surface area contributed by atoms with Crippen LogP contribution in [0.1, 0.15) is 43.1 Å². The Labute approximate surface area is 160 Å². The van der Waals surface area contributed by atoms with Crippen molar-refractivity contribution in [1.29, 1.82) is 0 Å². The fraction of sp³-hybridized carbons (Fsp3) is 0.263. The smallest absolute Gasteiger partial charge is 0.225 e. The van der Waals surface area contributed by atoms with E-state index in [4.69, 9.17) is 0 Å². The number of pyridine rings is 1. The first-order chi connectivity index (χ1) is 13.7. The first-order valence-electron chi connectivity index (χ1n) is 9.21. The number of nitrogens with one attached hydrogen (secondary N) is 4. The maximum absolute atomic E-state index is 14.2. The van der Waals surface area contributed by atoms with Gasteiger partial charge in [0.05, 0.1) is 29.0 Å². The summed E-state index contributed by atoms with van der Waals surface area (Å²) in [6.45, 7) is 1.95. The number of anilines is 3. The van der Waals surface area contributed by atoms with Crippen molar-refractivity contribution >= 4 is 28.6 Å². The molecule has 1 aliphatic rings. The Kier molecular flexibility index (Phi) is 3.92. The highest BCUT2D eigenvalue weighted by atomic mass is 19.1. The lowest BCUT2D eigenvalue weighted by molar-refractivity contribution is 0.618. The fourth-order valence-electron chi connectivity index (χ4n) is 3.11. The van der Waals surface area contributed by atoms with Crippen molar-refractivity contribution in [2.75, 3.05) is 10.6 Å².